The van der Waals surface area contributed by atoms with Gasteiger partial charge in [-0.3, -0.25) is 4.79 Å². The van der Waals surface area contributed by atoms with E-state index in [1.54, 1.807) is 0 Å². The van der Waals surface area contributed by atoms with Gasteiger partial charge in [-0.2, -0.15) is 0 Å². The largest absolute Gasteiger partial charge is 0.481 e. The Labute approximate surface area is 128 Å². The Kier molecular flexibility index (Phi) is 3.66. The summed E-state index contributed by atoms with van der Waals surface area (Å²) in [5.41, 5.74) is 1.23. The number of nitrogens with zero attached hydrogens (tertiary/aromatic N) is 2. The SMILES string of the molecule is CCn1c(CC2(C(=O)O)CCCC2)nc2ccc(Cl)cc21. The van der Waals surface area contributed by atoms with Gasteiger partial charge in [0.2, 0.25) is 0 Å². The molecule has 0 atom stereocenters. The number of carboxylic acid groups (broad SMARTS) is 1. The second-order valence-corrected chi connectivity index (χ2v) is 6.31. The van der Waals surface area contributed by atoms with Crippen LogP contribution < -0.4 is 0 Å². The molecule has 1 saturated carbocycles. The van der Waals surface area contributed by atoms with Crippen molar-refractivity contribution in [1.82, 2.24) is 9.55 Å². The Morgan fingerprint density at radius 2 is 2.14 bits per heavy atom. The van der Waals surface area contributed by atoms with Crippen LogP contribution in [-0.2, 0) is 17.8 Å². The van der Waals surface area contributed by atoms with Crippen molar-refractivity contribution in [1.29, 1.82) is 0 Å². The minimum absolute atomic E-state index is 0.502. The average Bonchev–Trinajstić information content (AvgIpc) is 3.04. The van der Waals surface area contributed by atoms with Crippen molar-refractivity contribution in [2.24, 2.45) is 5.41 Å². The molecule has 4 nitrogen and oxygen atoms in total. The molecule has 1 fully saturated rings. The molecule has 0 radical (unpaired) electrons. The van der Waals surface area contributed by atoms with Crippen LogP contribution in [0.25, 0.3) is 11.0 Å². The van der Waals surface area contributed by atoms with E-state index in [4.69, 9.17) is 11.6 Å². The number of imidazole rings is 1. The summed E-state index contributed by atoms with van der Waals surface area (Å²) >= 11 is 6.07. The predicted octanol–water partition coefficient (Wildman–Crippen LogP) is 3.90. The number of hydrogen-bond acceptors (Lipinski definition) is 2. The van der Waals surface area contributed by atoms with Crippen molar-refractivity contribution in [3.05, 3.63) is 29.0 Å². The molecule has 0 spiro atoms. The molecular weight excluding hydrogens is 288 g/mol. The van der Waals surface area contributed by atoms with Crippen molar-refractivity contribution in [3.63, 3.8) is 0 Å². The number of aromatic nitrogens is 2. The molecule has 1 aliphatic rings. The highest BCUT2D eigenvalue weighted by molar-refractivity contribution is 6.31. The highest BCUT2D eigenvalue weighted by Crippen LogP contribution is 2.41. The number of carbonyl (C=O) groups is 1. The van der Waals surface area contributed by atoms with Crippen LogP contribution in [0.5, 0.6) is 0 Å². The minimum Gasteiger partial charge on any atom is -0.481 e. The maximum absolute atomic E-state index is 11.7. The Morgan fingerprint density at radius 1 is 1.43 bits per heavy atom. The number of rotatable bonds is 4. The summed E-state index contributed by atoms with van der Waals surface area (Å²) in [5, 5.41) is 10.3. The van der Waals surface area contributed by atoms with Crippen LogP contribution in [0, 0.1) is 5.41 Å². The van der Waals surface area contributed by atoms with E-state index in [9.17, 15) is 9.90 Å². The van der Waals surface area contributed by atoms with E-state index in [0.29, 0.717) is 11.4 Å². The van der Waals surface area contributed by atoms with Gasteiger partial charge in [-0.1, -0.05) is 24.4 Å². The maximum atomic E-state index is 11.7. The third kappa shape index (κ3) is 2.42. The average molecular weight is 307 g/mol. The van der Waals surface area contributed by atoms with E-state index in [-0.39, 0.29) is 0 Å². The van der Waals surface area contributed by atoms with Crippen LogP contribution >= 0.6 is 11.6 Å². The number of halogens is 1. The molecular formula is C16H19ClN2O2. The first kappa shape index (κ1) is 14.4. The Balaban J connectivity index is 2.06. The molecule has 3 rings (SSSR count). The molecule has 21 heavy (non-hydrogen) atoms. The minimum atomic E-state index is -0.687. The van der Waals surface area contributed by atoms with Gasteiger partial charge in [0.25, 0.3) is 0 Å². The molecule has 1 N–H and O–H groups in total. The van der Waals surface area contributed by atoms with E-state index in [2.05, 4.69) is 9.55 Å². The molecule has 1 aromatic heterocycles. The van der Waals surface area contributed by atoms with Crippen LogP contribution in [0.4, 0.5) is 0 Å². The Bertz CT molecular complexity index is 687. The molecule has 1 aliphatic carbocycles. The summed E-state index contributed by atoms with van der Waals surface area (Å²) in [6.45, 7) is 2.81. The van der Waals surface area contributed by atoms with Gasteiger partial charge in [0.1, 0.15) is 5.82 Å². The van der Waals surface area contributed by atoms with E-state index in [1.165, 1.54) is 0 Å². The second kappa shape index (κ2) is 5.34. The summed E-state index contributed by atoms with van der Waals surface area (Å²) in [6.07, 6.45) is 3.98. The lowest BCUT2D eigenvalue weighted by atomic mass is 9.82. The summed E-state index contributed by atoms with van der Waals surface area (Å²) in [7, 11) is 0. The van der Waals surface area contributed by atoms with Gasteiger partial charge in [-0.05, 0) is 38.0 Å². The van der Waals surface area contributed by atoms with E-state index in [1.807, 2.05) is 25.1 Å². The van der Waals surface area contributed by atoms with Crippen LogP contribution in [0.3, 0.4) is 0 Å². The van der Waals surface area contributed by atoms with Gasteiger partial charge in [0.05, 0.1) is 16.4 Å². The first-order valence-electron chi connectivity index (χ1n) is 7.44. The van der Waals surface area contributed by atoms with E-state index >= 15 is 0 Å². The van der Waals surface area contributed by atoms with Crippen molar-refractivity contribution in [2.45, 2.75) is 45.6 Å². The molecule has 0 saturated heterocycles. The molecule has 112 valence electrons. The summed E-state index contributed by atoms with van der Waals surface area (Å²) in [5.74, 6) is 0.173. The fourth-order valence-corrected chi connectivity index (χ4v) is 3.62. The van der Waals surface area contributed by atoms with Gasteiger partial charge in [-0.15, -0.1) is 0 Å². The quantitative estimate of drug-likeness (QED) is 0.932. The number of fused-ring (bicyclic) bond motifs is 1. The van der Waals surface area contributed by atoms with Gasteiger partial charge in [0, 0.05) is 18.0 Å². The standard InChI is InChI=1S/C16H19ClN2O2/c1-2-19-13-9-11(17)5-6-12(13)18-14(19)10-16(15(20)21)7-3-4-8-16/h5-6,9H,2-4,7-8,10H2,1H3,(H,20,21). The fraction of sp³-hybridized carbons (Fsp3) is 0.500. The molecule has 2 aromatic rings. The van der Waals surface area contributed by atoms with Crippen molar-refractivity contribution in [2.75, 3.05) is 0 Å². The fourth-order valence-electron chi connectivity index (χ4n) is 3.45. The number of carboxylic acids is 1. The van der Waals surface area contributed by atoms with Crippen molar-refractivity contribution in [3.8, 4) is 0 Å². The van der Waals surface area contributed by atoms with Crippen molar-refractivity contribution >= 4 is 28.6 Å². The number of aliphatic carboxylic acids is 1. The number of hydrogen-bond donors (Lipinski definition) is 1. The number of benzene rings is 1. The summed E-state index contributed by atoms with van der Waals surface area (Å²) in [4.78, 5) is 16.4. The molecule has 1 aromatic carbocycles. The molecule has 1 heterocycles. The Hall–Kier alpha value is -1.55. The topological polar surface area (TPSA) is 55.1 Å². The van der Waals surface area contributed by atoms with E-state index in [0.717, 1.165) is 49.1 Å². The normalized spacial score (nSPS) is 17.4. The lowest BCUT2D eigenvalue weighted by Gasteiger charge is -2.23. The van der Waals surface area contributed by atoms with Gasteiger partial charge in [0.15, 0.2) is 0 Å². The maximum Gasteiger partial charge on any atom is 0.310 e. The van der Waals surface area contributed by atoms with Crippen molar-refractivity contribution < 1.29 is 9.90 Å². The zero-order valence-corrected chi connectivity index (χ0v) is 12.9. The molecule has 0 amide bonds. The summed E-state index contributed by atoms with van der Waals surface area (Å²) in [6, 6.07) is 5.62. The Morgan fingerprint density at radius 3 is 2.76 bits per heavy atom. The third-order valence-electron chi connectivity index (χ3n) is 4.62. The van der Waals surface area contributed by atoms with Gasteiger partial charge in [-0.25, -0.2) is 4.98 Å². The lowest BCUT2D eigenvalue weighted by molar-refractivity contribution is -0.148. The van der Waals surface area contributed by atoms with Crippen LogP contribution in [0.1, 0.15) is 38.4 Å². The second-order valence-electron chi connectivity index (χ2n) is 5.87. The summed E-state index contributed by atoms with van der Waals surface area (Å²) < 4.78 is 2.09. The van der Waals surface area contributed by atoms with Gasteiger partial charge >= 0.3 is 5.97 Å². The van der Waals surface area contributed by atoms with Crippen LogP contribution in [0.15, 0.2) is 18.2 Å². The van der Waals surface area contributed by atoms with E-state index < -0.39 is 11.4 Å². The highest BCUT2D eigenvalue weighted by atomic mass is 35.5. The smallest absolute Gasteiger partial charge is 0.310 e. The lowest BCUT2D eigenvalue weighted by Crippen LogP contribution is -2.31. The van der Waals surface area contributed by atoms with Gasteiger partial charge < -0.3 is 9.67 Å². The zero-order chi connectivity index (χ0) is 15.0. The molecule has 0 unspecified atom stereocenters. The number of aryl methyl sites for hydroxylation is 1. The molecule has 0 aliphatic heterocycles. The molecule has 5 heteroatoms. The predicted molar refractivity (Wildman–Crippen MR) is 82.7 cm³/mol. The highest BCUT2D eigenvalue weighted by Gasteiger charge is 2.42. The van der Waals surface area contributed by atoms with Crippen LogP contribution in [-0.4, -0.2) is 20.6 Å². The zero-order valence-electron chi connectivity index (χ0n) is 12.1. The first-order chi connectivity index (χ1) is 10.1. The monoisotopic (exact) mass is 306 g/mol. The molecule has 0 bridgehead atoms. The first-order valence-corrected chi connectivity index (χ1v) is 7.81. The third-order valence-corrected chi connectivity index (χ3v) is 4.85. The van der Waals surface area contributed by atoms with Crippen LogP contribution in [0.2, 0.25) is 5.02 Å².